The molecule has 1 aliphatic rings. The molecule has 7 heteroatoms. The zero-order valence-corrected chi connectivity index (χ0v) is 17.2. The van der Waals surface area contributed by atoms with Crippen LogP contribution in [0.2, 0.25) is 0 Å². The molecule has 0 radical (unpaired) electrons. The van der Waals surface area contributed by atoms with E-state index in [1.54, 1.807) is 4.68 Å². The van der Waals surface area contributed by atoms with E-state index in [2.05, 4.69) is 39.7 Å². The highest BCUT2D eigenvalue weighted by Gasteiger charge is 2.33. The number of amides is 2. The lowest BCUT2D eigenvalue weighted by molar-refractivity contribution is -0.0682. The summed E-state index contributed by atoms with van der Waals surface area (Å²) in [4.78, 5) is 14.9. The molecule has 0 spiro atoms. The molecule has 2 amide bonds. The Hall–Kier alpha value is -2.38. The fraction of sp³-hybridized carbons (Fsp3) is 0.524. The molecule has 152 valence electrons. The minimum Gasteiger partial charge on any atom is -0.373 e. The molecule has 0 saturated carbocycles. The first-order valence-electron chi connectivity index (χ1n) is 9.94. The molecule has 1 unspecified atom stereocenters. The van der Waals surface area contributed by atoms with Gasteiger partial charge in [-0.2, -0.15) is 5.10 Å². The van der Waals surface area contributed by atoms with Crippen LogP contribution in [0.1, 0.15) is 42.8 Å². The first-order chi connectivity index (χ1) is 13.5. The largest absolute Gasteiger partial charge is 0.373 e. The quantitative estimate of drug-likeness (QED) is 0.802. The Morgan fingerprint density at radius 2 is 2.11 bits per heavy atom. The summed E-state index contributed by atoms with van der Waals surface area (Å²) in [6, 6.07) is 10.2. The van der Waals surface area contributed by atoms with Gasteiger partial charge in [-0.1, -0.05) is 37.3 Å². The van der Waals surface area contributed by atoms with Gasteiger partial charge in [-0.3, -0.25) is 9.58 Å². The van der Waals surface area contributed by atoms with E-state index in [-0.39, 0.29) is 24.2 Å². The number of hydrogen-bond donors (Lipinski definition) is 2. The highest BCUT2D eigenvalue weighted by atomic mass is 16.5. The molecular formula is C21H31N5O2. The first-order valence-corrected chi connectivity index (χ1v) is 9.94. The van der Waals surface area contributed by atoms with Gasteiger partial charge < -0.3 is 15.4 Å². The van der Waals surface area contributed by atoms with E-state index in [9.17, 15) is 4.79 Å². The highest BCUT2D eigenvalue weighted by molar-refractivity contribution is 5.74. The molecule has 1 fully saturated rings. The van der Waals surface area contributed by atoms with Crippen molar-refractivity contribution in [2.45, 2.75) is 39.0 Å². The number of benzene rings is 1. The number of aryl methyl sites for hydroxylation is 2. The van der Waals surface area contributed by atoms with Crippen molar-refractivity contribution < 1.29 is 9.53 Å². The number of nitrogens with zero attached hydrogens (tertiary/aromatic N) is 3. The molecule has 1 aromatic carbocycles. The van der Waals surface area contributed by atoms with Gasteiger partial charge in [0.15, 0.2) is 0 Å². The van der Waals surface area contributed by atoms with Crippen molar-refractivity contribution in [3.63, 3.8) is 0 Å². The second-order valence-electron chi connectivity index (χ2n) is 7.31. The minimum absolute atomic E-state index is 0.0858. The molecule has 3 atom stereocenters. The number of carbonyl (C=O) groups excluding carboxylic acids is 1. The van der Waals surface area contributed by atoms with Crippen LogP contribution >= 0.6 is 0 Å². The van der Waals surface area contributed by atoms with E-state index in [1.165, 1.54) is 5.56 Å². The number of ether oxygens (including phenoxy) is 1. The summed E-state index contributed by atoms with van der Waals surface area (Å²) >= 11 is 0. The summed E-state index contributed by atoms with van der Waals surface area (Å²) in [5.41, 5.74) is 3.16. The van der Waals surface area contributed by atoms with Gasteiger partial charge in [-0.05, 0) is 26.0 Å². The SMILES string of the molecule is CCN1CCO[C@@H](CNC(=O)NC(C)c2cn(C)nc2C)[C@@H]1c1ccccc1. The lowest BCUT2D eigenvalue weighted by Gasteiger charge is -2.41. The number of nitrogens with one attached hydrogen (secondary N) is 2. The van der Waals surface area contributed by atoms with Crippen LogP contribution in [0.3, 0.4) is 0 Å². The summed E-state index contributed by atoms with van der Waals surface area (Å²) < 4.78 is 7.81. The Morgan fingerprint density at radius 3 is 2.75 bits per heavy atom. The second-order valence-corrected chi connectivity index (χ2v) is 7.31. The Balaban J connectivity index is 1.61. The molecule has 2 aromatic rings. The number of hydrogen-bond acceptors (Lipinski definition) is 4. The maximum atomic E-state index is 12.5. The van der Waals surface area contributed by atoms with Crippen molar-refractivity contribution in [2.75, 3.05) is 26.2 Å². The number of morpholine rings is 1. The van der Waals surface area contributed by atoms with Gasteiger partial charge in [0.05, 0.1) is 30.5 Å². The third-order valence-electron chi connectivity index (χ3n) is 5.33. The summed E-state index contributed by atoms with van der Waals surface area (Å²) in [6.07, 6.45) is 1.85. The zero-order valence-electron chi connectivity index (χ0n) is 17.2. The van der Waals surface area contributed by atoms with Crippen LogP contribution in [-0.4, -0.2) is 53.1 Å². The zero-order chi connectivity index (χ0) is 20.1. The summed E-state index contributed by atoms with van der Waals surface area (Å²) in [5, 5.41) is 10.3. The van der Waals surface area contributed by atoms with E-state index in [0.717, 1.165) is 24.3 Å². The lowest BCUT2D eigenvalue weighted by atomic mass is 9.98. The standard InChI is InChI=1S/C21H31N5O2/c1-5-26-11-12-28-19(20(26)17-9-7-6-8-10-17)13-22-21(27)23-15(2)18-14-25(4)24-16(18)3/h6-10,14-15,19-20H,5,11-13H2,1-4H3,(H2,22,23,27)/t15?,19-,20-/m0/s1. The van der Waals surface area contributed by atoms with E-state index in [4.69, 9.17) is 4.74 Å². The molecule has 3 rings (SSSR count). The average Bonchev–Trinajstić information content (AvgIpc) is 3.04. The lowest BCUT2D eigenvalue weighted by Crippen LogP contribution is -2.51. The molecule has 7 nitrogen and oxygen atoms in total. The van der Waals surface area contributed by atoms with Crippen LogP contribution in [0.5, 0.6) is 0 Å². The second kappa shape index (κ2) is 9.21. The molecule has 0 aliphatic carbocycles. The molecule has 1 aromatic heterocycles. The average molecular weight is 386 g/mol. The van der Waals surface area contributed by atoms with Gasteiger partial charge in [-0.25, -0.2) is 4.79 Å². The number of aromatic nitrogens is 2. The van der Waals surface area contributed by atoms with Crippen molar-refractivity contribution in [3.8, 4) is 0 Å². The molecule has 0 bridgehead atoms. The predicted molar refractivity (Wildman–Crippen MR) is 109 cm³/mol. The summed E-state index contributed by atoms with van der Waals surface area (Å²) in [6.45, 7) is 9.06. The van der Waals surface area contributed by atoms with Gasteiger partial charge in [0.25, 0.3) is 0 Å². The van der Waals surface area contributed by atoms with Gasteiger partial charge in [0.1, 0.15) is 0 Å². The maximum Gasteiger partial charge on any atom is 0.315 e. The predicted octanol–water partition coefficient (Wildman–Crippen LogP) is 2.55. The fourth-order valence-electron chi connectivity index (χ4n) is 3.95. The molecule has 2 heterocycles. The Labute approximate surface area is 167 Å². The Bertz CT molecular complexity index is 776. The third-order valence-corrected chi connectivity index (χ3v) is 5.33. The Morgan fingerprint density at radius 1 is 1.36 bits per heavy atom. The van der Waals surface area contributed by atoms with Crippen molar-refractivity contribution in [1.29, 1.82) is 0 Å². The van der Waals surface area contributed by atoms with Crippen LogP contribution in [0, 0.1) is 6.92 Å². The van der Waals surface area contributed by atoms with Gasteiger partial charge in [0, 0.05) is 31.9 Å². The Kier molecular flexibility index (Phi) is 6.70. The molecule has 28 heavy (non-hydrogen) atoms. The first kappa shape index (κ1) is 20.4. The monoisotopic (exact) mass is 385 g/mol. The smallest absolute Gasteiger partial charge is 0.315 e. The van der Waals surface area contributed by atoms with Crippen LogP contribution in [0.25, 0.3) is 0 Å². The number of urea groups is 1. The highest BCUT2D eigenvalue weighted by Crippen LogP contribution is 2.29. The number of rotatable bonds is 6. The summed E-state index contributed by atoms with van der Waals surface area (Å²) in [5.74, 6) is 0. The van der Waals surface area contributed by atoms with Gasteiger partial charge >= 0.3 is 6.03 Å². The van der Waals surface area contributed by atoms with Crippen LogP contribution < -0.4 is 10.6 Å². The normalized spacial score (nSPS) is 21.3. The van der Waals surface area contributed by atoms with Gasteiger partial charge in [-0.15, -0.1) is 0 Å². The topological polar surface area (TPSA) is 71.4 Å². The molecular weight excluding hydrogens is 354 g/mol. The molecule has 1 saturated heterocycles. The van der Waals surface area contributed by atoms with Crippen molar-refractivity contribution >= 4 is 6.03 Å². The number of carbonyl (C=O) groups is 1. The summed E-state index contributed by atoms with van der Waals surface area (Å²) in [7, 11) is 1.88. The van der Waals surface area contributed by atoms with Crippen molar-refractivity contribution in [1.82, 2.24) is 25.3 Å². The molecule has 1 aliphatic heterocycles. The fourth-order valence-corrected chi connectivity index (χ4v) is 3.95. The molecule has 2 N–H and O–H groups in total. The van der Waals surface area contributed by atoms with Crippen LogP contribution in [-0.2, 0) is 11.8 Å². The third kappa shape index (κ3) is 4.72. The van der Waals surface area contributed by atoms with Crippen LogP contribution in [0.15, 0.2) is 36.5 Å². The van der Waals surface area contributed by atoms with E-state index >= 15 is 0 Å². The number of likely N-dealkylation sites (N-methyl/N-ethyl adjacent to an activating group) is 1. The van der Waals surface area contributed by atoms with E-state index in [1.807, 2.05) is 45.3 Å². The van der Waals surface area contributed by atoms with Crippen molar-refractivity contribution in [3.05, 3.63) is 53.3 Å². The van der Waals surface area contributed by atoms with Crippen molar-refractivity contribution in [2.24, 2.45) is 7.05 Å². The minimum atomic E-state index is -0.195. The van der Waals surface area contributed by atoms with E-state index in [0.29, 0.717) is 13.2 Å². The maximum absolute atomic E-state index is 12.5. The van der Waals surface area contributed by atoms with E-state index < -0.39 is 0 Å². The van der Waals surface area contributed by atoms with Crippen LogP contribution in [0.4, 0.5) is 4.79 Å². The van der Waals surface area contributed by atoms with Gasteiger partial charge in [0.2, 0.25) is 0 Å².